The standard InChI is InChI=1S/C9H13NO2/c1-9(2,3)8(12)10-6-4-5-7(10)11/h4,6H,5H2,1-3H3. The summed E-state index contributed by atoms with van der Waals surface area (Å²) in [5, 5.41) is 0. The maximum absolute atomic E-state index is 11.5. The number of amides is 2. The summed E-state index contributed by atoms with van der Waals surface area (Å²) in [6.45, 7) is 5.40. The Labute approximate surface area is 72.0 Å². The Morgan fingerprint density at radius 3 is 2.42 bits per heavy atom. The van der Waals surface area contributed by atoms with Crippen molar-refractivity contribution in [3.8, 4) is 0 Å². The van der Waals surface area contributed by atoms with E-state index in [1.807, 2.05) is 0 Å². The lowest BCUT2D eigenvalue weighted by Crippen LogP contribution is -2.37. The third-order valence-corrected chi connectivity index (χ3v) is 1.68. The maximum atomic E-state index is 11.5. The van der Waals surface area contributed by atoms with Gasteiger partial charge in [-0.1, -0.05) is 26.8 Å². The lowest BCUT2D eigenvalue weighted by atomic mass is 9.95. The summed E-state index contributed by atoms with van der Waals surface area (Å²) in [4.78, 5) is 23.8. The minimum Gasteiger partial charge on any atom is -0.274 e. The number of carbonyl (C=O) groups is 2. The van der Waals surface area contributed by atoms with Crippen LogP contribution in [0.5, 0.6) is 0 Å². The van der Waals surface area contributed by atoms with E-state index in [2.05, 4.69) is 0 Å². The molecule has 3 heteroatoms. The van der Waals surface area contributed by atoms with Crippen LogP contribution in [0.15, 0.2) is 12.3 Å². The molecular weight excluding hydrogens is 154 g/mol. The minimum absolute atomic E-state index is 0.130. The molecule has 0 atom stereocenters. The van der Waals surface area contributed by atoms with E-state index in [9.17, 15) is 9.59 Å². The molecule has 0 fully saturated rings. The second-order valence-corrected chi connectivity index (χ2v) is 3.91. The highest BCUT2D eigenvalue weighted by molar-refractivity contribution is 6.00. The van der Waals surface area contributed by atoms with Crippen molar-refractivity contribution in [1.82, 2.24) is 4.90 Å². The Morgan fingerprint density at radius 2 is 2.08 bits per heavy atom. The molecule has 12 heavy (non-hydrogen) atoms. The molecule has 2 amide bonds. The Kier molecular flexibility index (Phi) is 2.04. The average molecular weight is 167 g/mol. The second kappa shape index (κ2) is 2.73. The topological polar surface area (TPSA) is 37.4 Å². The van der Waals surface area contributed by atoms with Crippen LogP contribution in [0.4, 0.5) is 0 Å². The van der Waals surface area contributed by atoms with Gasteiger partial charge in [-0.2, -0.15) is 0 Å². The quantitative estimate of drug-likeness (QED) is 0.545. The van der Waals surface area contributed by atoms with Gasteiger partial charge in [-0.05, 0) is 0 Å². The zero-order valence-corrected chi connectivity index (χ0v) is 7.63. The van der Waals surface area contributed by atoms with Crippen LogP contribution in [0.2, 0.25) is 0 Å². The highest BCUT2D eigenvalue weighted by Crippen LogP contribution is 2.20. The van der Waals surface area contributed by atoms with Crippen LogP contribution >= 0.6 is 0 Å². The minimum atomic E-state index is -0.482. The zero-order valence-electron chi connectivity index (χ0n) is 7.63. The van der Waals surface area contributed by atoms with E-state index < -0.39 is 5.41 Å². The molecule has 0 radical (unpaired) electrons. The first kappa shape index (κ1) is 8.97. The fourth-order valence-electron chi connectivity index (χ4n) is 0.983. The van der Waals surface area contributed by atoms with E-state index in [4.69, 9.17) is 0 Å². The van der Waals surface area contributed by atoms with Crippen molar-refractivity contribution < 1.29 is 9.59 Å². The molecule has 1 rings (SSSR count). The van der Waals surface area contributed by atoms with Crippen molar-refractivity contribution in [3.05, 3.63) is 12.3 Å². The zero-order chi connectivity index (χ0) is 9.35. The van der Waals surface area contributed by atoms with Crippen molar-refractivity contribution in [2.45, 2.75) is 27.2 Å². The molecule has 66 valence electrons. The van der Waals surface area contributed by atoms with Crippen LogP contribution in [-0.2, 0) is 9.59 Å². The van der Waals surface area contributed by atoms with Crippen LogP contribution in [0.3, 0.4) is 0 Å². The van der Waals surface area contributed by atoms with Crippen molar-refractivity contribution in [1.29, 1.82) is 0 Å². The van der Waals surface area contributed by atoms with Gasteiger partial charge >= 0.3 is 0 Å². The molecule has 0 aromatic heterocycles. The number of hydrogen-bond acceptors (Lipinski definition) is 2. The monoisotopic (exact) mass is 167 g/mol. The summed E-state index contributed by atoms with van der Waals surface area (Å²) in [6.07, 6.45) is 3.60. The van der Waals surface area contributed by atoms with E-state index in [1.165, 1.54) is 4.90 Å². The molecule has 0 spiro atoms. The molecule has 1 aliphatic heterocycles. The molecular formula is C9H13NO2. The van der Waals surface area contributed by atoms with Gasteiger partial charge in [0.2, 0.25) is 11.8 Å². The van der Waals surface area contributed by atoms with Gasteiger partial charge in [0.15, 0.2) is 0 Å². The molecule has 0 saturated carbocycles. The van der Waals surface area contributed by atoms with E-state index in [-0.39, 0.29) is 11.8 Å². The fourth-order valence-corrected chi connectivity index (χ4v) is 0.983. The summed E-state index contributed by atoms with van der Waals surface area (Å²) in [5.41, 5.74) is -0.482. The molecule has 1 aliphatic rings. The first-order valence-electron chi connectivity index (χ1n) is 3.96. The van der Waals surface area contributed by atoms with Crippen LogP contribution in [-0.4, -0.2) is 16.7 Å². The lowest BCUT2D eigenvalue weighted by molar-refractivity contribution is -0.145. The van der Waals surface area contributed by atoms with E-state index in [0.717, 1.165) is 0 Å². The molecule has 0 aromatic carbocycles. The average Bonchev–Trinajstić information content (AvgIpc) is 2.31. The SMILES string of the molecule is CC(C)(C)C(=O)N1C=CCC1=O. The van der Waals surface area contributed by atoms with Crippen LogP contribution in [0, 0.1) is 5.41 Å². The van der Waals surface area contributed by atoms with Crippen LogP contribution < -0.4 is 0 Å². The summed E-state index contributed by atoms with van der Waals surface area (Å²) >= 11 is 0. The van der Waals surface area contributed by atoms with Gasteiger partial charge in [-0.15, -0.1) is 0 Å². The summed E-state index contributed by atoms with van der Waals surface area (Å²) < 4.78 is 0. The van der Waals surface area contributed by atoms with Crippen molar-refractivity contribution in [3.63, 3.8) is 0 Å². The van der Waals surface area contributed by atoms with Gasteiger partial charge < -0.3 is 0 Å². The van der Waals surface area contributed by atoms with Crippen molar-refractivity contribution in [2.75, 3.05) is 0 Å². The Balaban J connectivity index is 2.78. The smallest absolute Gasteiger partial charge is 0.238 e. The summed E-state index contributed by atoms with van der Waals surface area (Å²) in [7, 11) is 0. The number of carbonyl (C=O) groups excluding carboxylic acids is 2. The van der Waals surface area contributed by atoms with Gasteiger partial charge in [0, 0.05) is 18.0 Å². The Morgan fingerprint density at radius 1 is 1.50 bits per heavy atom. The van der Waals surface area contributed by atoms with Gasteiger partial charge in [-0.25, -0.2) is 0 Å². The Hall–Kier alpha value is -1.12. The van der Waals surface area contributed by atoms with Crippen molar-refractivity contribution >= 4 is 11.8 Å². The molecule has 0 aromatic rings. The number of hydrogen-bond donors (Lipinski definition) is 0. The highest BCUT2D eigenvalue weighted by Gasteiger charge is 2.31. The molecule has 1 heterocycles. The second-order valence-electron chi connectivity index (χ2n) is 3.91. The van der Waals surface area contributed by atoms with Gasteiger partial charge in [0.25, 0.3) is 0 Å². The van der Waals surface area contributed by atoms with E-state index in [1.54, 1.807) is 33.0 Å². The molecule has 0 unspecified atom stereocenters. The predicted octanol–water partition coefficient (Wildman–Crippen LogP) is 1.31. The maximum Gasteiger partial charge on any atom is 0.238 e. The fraction of sp³-hybridized carbons (Fsp3) is 0.556. The van der Waals surface area contributed by atoms with Gasteiger partial charge in [0.1, 0.15) is 0 Å². The van der Waals surface area contributed by atoms with Crippen LogP contribution in [0.1, 0.15) is 27.2 Å². The van der Waals surface area contributed by atoms with Crippen molar-refractivity contribution in [2.24, 2.45) is 5.41 Å². The number of nitrogens with zero attached hydrogens (tertiary/aromatic N) is 1. The van der Waals surface area contributed by atoms with Gasteiger partial charge in [0.05, 0.1) is 0 Å². The normalized spacial score (nSPS) is 17.2. The first-order valence-corrected chi connectivity index (χ1v) is 3.96. The van der Waals surface area contributed by atoms with E-state index in [0.29, 0.717) is 6.42 Å². The van der Waals surface area contributed by atoms with Gasteiger partial charge in [-0.3, -0.25) is 14.5 Å². The highest BCUT2D eigenvalue weighted by atomic mass is 16.2. The number of rotatable bonds is 0. The predicted molar refractivity (Wildman–Crippen MR) is 45.1 cm³/mol. The molecule has 0 aliphatic carbocycles. The molecule has 0 N–H and O–H groups in total. The van der Waals surface area contributed by atoms with Crippen LogP contribution in [0.25, 0.3) is 0 Å². The van der Waals surface area contributed by atoms with E-state index >= 15 is 0 Å². The third-order valence-electron chi connectivity index (χ3n) is 1.68. The Bertz CT molecular complexity index is 248. The summed E-state index contributed by atoms with van der Waals surface area (Å²) in [5.74, 6) is -0.267. The molecule has 0 bridgehead atoms. The third kappa shape index (κ3) is 1.55. The largest absolute Gasteiger partial charge is 0.274 e. The molecule has 0 saturated heterocycles. The number of imide groups is 1. The summed E-state index contributed by atoms with van der Waals surface area (Å²) in [6, 6.07) is 0. The molecule has 3 nitrogen and oxygen atoms in total. The lowest BCUT2D eigenvalue weighted by Gasteiger charge is -2.22. The first-order chi connectivity index (χ1) is 5.43.